The van der Waals surface area contributed by atoms with Gasteiger partial charge >= 0.3 is 12.1 Å². The number of aromatic carboxylic acids is 1. The van der Waals surface area contributed by atoms with Crippen LogP contribution in [0, 0.1) is 0 Å². The summed E-state index contributed by atoms with van der Waals surface area (Å²) in [6.45, 7) is -0.0175. The number of rotatable bonds is 4. The quantitative estimate of drug-likeness (QED) is 0.505. The molecule has 0 bridgehead atoms. The largest absolute Gasteiger partial charge is 0.478 e. The average Bonchev–Trinajstić information content (AvgIpc) is 3.28. The highest BCUT2D eigenvalue weighted by molar-refractivity contribution is 6.31. The van der Waals surface area contributed by atoms with Crippen molar-refractivity contribution in [3.8, 4) is 5.95 Å². The number of halogens is 4. The van der Waals surface area contributed by atoms with Crippen LogP contribution in [-0.2, 0) is 12.7 Å². The first kappa shape index (κ1) is 19.6. The number of benzene rings is 1. The summed E-state index contributed by atoms with van der Waals surface area (Å²) in [6.07, 6.45) is -0.981. The Labute approximate surface area is 169 Å². The molecule has 30 heavy (non-hydrogen) atoms. The molecular weight excluding hydrogens is 429 g/mol. The number of alkyl halides is 3. The lowest BCUT2D eigenvalue weighted by atomic mass is 10.1. The number of carboxylic acid groups (broad SMARTS) is 1. The number of hydrogen-bond donors (Lipinski definition) is 2. The van der Waals surface area contributed by atoms with Gasteiger partial charge in [0, 0.05) is 6.20 Å². The van der Waals surface area contributed by atoms with Gasteiger partial charge < -0.3 is 5.11 Å². The van der Waals surface area contributed by atoms with Gasteiger partial charge in [-0.3, -0.25) is 14.5 Å². The summed E-state index contributed by atoms with van der Waals surface area (Å²) in [5.41, 5.74) is -0.952. The van der Waals surface area contributed by atoms with E-state index in [4.69, 9.17) is 16.7 Å². The van der Waals surface area contributed by atoms with Crippen molar-refractivity contribution in [1.29, 1.82) is 0 Å². The first-order valence-electron chi connectivity index (χ1n) is 8.23. The lowest BCUT2D eigenvalue weighted by Crippen LogP contribution is -2.17. The molecule has 0 aliphatic carbocycles. The fourth-order valence-corrected chi connectivity index (χ4v) is 3.14. The zero-order valence-electron chi connectivity index (χ0n) is 14.7. The van der Waals surface area contributed by atoms with Crippen molar-refractivity contribution in [2.75, 3.05) is 0 Å². The van der Waals surface area contributed by atoms with E-state index in [1.54, 1.807) is 0 Å². The molecule has 0 atom stereocenters. The smallest absolute Gasteiger partial charge is 0.417 e. The Kier molecular flexibility index (Phi) is 4.57. The van der Waals surface area contributed by atoms with Crippen molar-refractivity contribution in [1.82, 2.24) is 29.5 Å². The van der Waals surface area contributed by atoms with Gasteiger partial charge in [-0.1, -0.05) is 17.7 Å². The zero-order valence-corrected chi connectivity index (χ0v) is 15.4. The minimum Gasteiger partial charge on any atom is -0.478 e. The van der Waals surface area contributed by atoms with Crippen LogP contribution in [0.3, 0.4) is 0 Å². The lowest BCUT2D eigenvalue weighted by molar-refractivity contribution is -0.137. The summed E-state index contributed by atoms with van der Waals surface area (Å²) in [7, 11) is 0. The molecule has 4 aromatic rings. The van der Waals surface area contributed by atoms with E-state index in [2.05, 4.69) is 20.2 Å². The van der Waals surface area contributed by atoms with Crippen LogP contribution in [0.4, 0.5) is 13.2 Å². The van der Waals surface area contributed by atoms with Crippen LogP contribution in [0.25, 0.3) is 17.0 Å². The molecule has 0 saturated carbocycles. The second-order valence-electron chi connectivity index (χ2n) is 6.22. The summed E-state index contributed by atoms with van der Waals surface area (Å²) in [5, 5.41) is 16.4. The molecule has 4 rings (SSSR count). The Morgan fingerprint density at radius 2 is 2.00 bits per heavy atom. The van der Waals surface area contributed by atoms with Crippen LogP contribution in [0.5, 0.6) is 0 Å². The number of carboxylic acids is 1. The first-order chi connectivity index (χ1) is 14.1. The van der Waals surface area contributed by atoms with Crippen molar-refractivity contribution in [3.63, 3.8) is 0 Å². The van der Waals surface area contributed by atoms with Crippen molar-refractivity contribution in [3.05, 3.63) is 68.9 Å². The Morgan fingerprint density at radius 1 is 1.23 bits per heavy atom. The third-order valence-corrected chi connectivity index (χ3v) is 4.52. The molecule has 2 N–H and O–H groups in total. The van der Waals surface area contributed by atoms with Gasteiger partial charge in [0.05, 0.1) is 35.1 Å². The Hall–Kier alpha value is -3.67. The van der Waals surface area contributed by atoms with Crippen LogP contribution < -0.4 is 5.56 Å². The van der Waals surface area contributed by atoms with Crippen LogP contribution >= 0.6 is 11.6 Å². The van der Waals surface area contributed by atoms with Gasteiger partial charge in [-0.25, -0.2) is 14.5 Å². The third kappa shape index (κ3) is 3.52. The van der Waals surface area contributed by atoms with Crippen LogP contribution in [0.15, 0.2) is 41.6 Å². The van der Waals surface area contributed by atoms with E-state index < -0.39 is 28.3 Å². The fourth-order valence-electron chi connectivity index (χ4n) is 2.83. The maximum atomic E-state index is 12.8. The van der Waals surface area contributed by atoms with Gasteiger partial charge in [-0.05, 0) is 17.7 Å². The lowest BCUT2D eigenvalue weighted by Gasteiger charge is -2.10. The second-order valence-corrected chi connectivity index (χ2v) is 6.62. The van der Waals surface area contributed by atoms with E-state index in [1.807, 2.05) is 0 Å². The molecule has 0 spiro atoms. The van der Waals surface area contributed by atoms with Gasteiger partial charge in [0.15, 0.2) is 5.52 Å². The van der Waals surface area contributed by atoms with E-state index in [-0.39, 0.29) is 29.1 Å². The minimum absolute atomic E-state index is 0.0166. The summed E-state index contributed by atoms with van der Waals surface area (Å²) in [4.78, 5) is 30.2. The summed E-state index contributed by atoms with van der Waals surface area (Å²) in [6, 6.07) is 3.27. The molecule has 1 aromatic carbocycles. The monoisotopic (exact) mass is 438 g/mol. The third-order valence-electron chi connectivity index (χ3n) is 4.20. The molecule has 0 amide bonds. The van der Waals surface area contributed by atoms with Gasteiger partial charge in [-0.2, -0.15) is 23.4 Å². The first-order valence-corrected chi connectivity index (χ1v) is 8.61. The van der Waals surface area contributed by atoms with Gasteiger partial charge in [0.25, 0.3) is 5.56 Å². The van der Waals surface area contributed by atoms with Crippen molar-refractivity contribution < 1.29 is 23.1 Å². The number of aromatic nitrogens is 6. The minimum atomic E-state index is -4.57. The van der Waals surface area contributed by atoms with Crippen LogP contribution in [0.2, 0.25) is 5.02 Å². The van der Waals surface area contributed by atoms with E-state index in [0.29, 0.717) is 5.56 Å². The zero-order chi connectivity index (χ0) is 21.6. The molecule has 9 nitrogen and oxygen atoms in total. The van der Waals surface area contributed by atoms with Crippen LogP contribution in [-0.4, -0.2) is 40.6 Å². The fraction of sp³-hybridized carbons (Fsp3) is 0.118. The van der Waals surface area contributed by atoms with E-state index in [1.165, 1.54) is 23.1 Å². The summed E-state index contributed by atoms with van der Waals surface area (Å²) < 4.78 is 40.9. The van der Waals surface area contributed by atoms with E-state index in [9.17, 15) is 22.8 Å². The maximum Gasteiger partial charge on any atom is 0.417 e. The van der Waals surface area contributed by atoms with Gasteiger partial charge in [0.2, 0.25) is 5.95 Å². The Morgan fingerprint density at radius 3 is 2.63 bits per heavy atom. The molecule has 0 aliphatic heterocycles. The molecular formula is C17H10ClF3N6O3. The van der Waals surface area contributed by atoms with Crippen LogP contribution in [0.1, 0.15) is 21.5 Å². The number of nitrogens with one attached hydrogen (secondary N) is 1. The topological polar surface area (TPSA) is 119 Å². The predicted molar refractivity (Wildman–Crippen MR) is 97.8 cm³/mol. The van der Waals surface area contributed by atoms with Gasteiger partial charge in [0.1, 0.15) is 5.52 Å². The number of hydrogen-bond acceptors (Lipinski definition) is 5. The Balaban J connectivity index is 1.69. The molecule has 154 valence electrons. The van der Waals surface area contributed by atoms with Crippen molar-refractivity contribution in [2.45, 2.75) is 12.7 Å². The highest BCUT2D eigenvalue weighted by Crippen LogP contribution is 2.35. The number of carbonyl (C=O) groups is 1. The molecule has 0 aliphatic rings. The number of aromatic amines is 1. The van der Waals surface area contributed by atoms with E-state index in [0.717, 1.165) is 23.0 Å². The number of fused-ring (bicyclic) bond motifs is 1. The molecule has 0 fully saturated rings. The van der Waals surface area contributed by atoms with E-state index >= 15 is 0 Å². The second kappa shape index (κ2) is 6.99. The van der Waals surface area contributed by atoms with Crippen molar-refractivity contribution >= 4 is 28.6 Å². The normalized spacial score (nSPS) is 11.9. The molecule has 0 saturated heterocycles. The average molecular weight is 439 g/mol. The van der Waals surface area contributed by atoms with Crippen molar-refractivity contribution in [2.24, 2.45) is 0 Å². The molecule has 0 unspecified atom stereocenters. The summed E-state index contributed by atoms with van der Waals surface area (Å²) in [5.74, 6) is -1.20. The summed E-state index contributed by atoms with van der Waals surface area (Å²) >= 11 is 5.74. The molecule has 0 radical (unpaired) electrons. The highest BCUT2D eigenvalue weighted by atomic mass is 35.5. The maximum absolute atomic E-state index is 12.8. The molecule has 3 aromatic heterocycles. The molecule has 13 heteroatoms. The number of H-pyrrole nitrogens is 1. The Bertz CT molecular complexity index is 1340. The number of nitrogens with zero attached hydrogens (tertiary/aromatic N) is 5. The standard InChI is InChI=1S/C17H10ClF3N6O3/c18-11-3-8(1-2-10(11)17(19,20)21)6-26-13-12(5-23-26)24-16(25-14(13)28)27-7-9(4-22-27)15(29)30/h1-5,7H,6H2,(H,29,30)(H,24,25,28). The predicted octanol–water partition coefficient (Wildman–Crippen LogP) is 2.72. The highest BCUT2D eigenvalue weighted by Gasteiger charge is 2.33. The SMILES string of the molecule is O=C(O)c1cnn(-c2nc3cnn(Cc4ccc(C(F)(F)F)c(Cl)c4)c3c(=O)[nH]2)c1. The molecule has 3 heterocycles. The van der Waals surface area contributed by atoms with Gasteiger partial charge in [-0.15, -0.1) is 0 Å².